The van der Waals surface area contributed by atoms with Crippen molar-refractivity contribution in [3.8, 4) is 0 Å². The molecule has 0 aromatic heterocycles. The lowest BCUT2D eigenvalue weighted by molar-refractivity contribution is -0.157. The summed E-state index contributed by atoms with van der Waals surface area (Å²) in [5.74, 6) is -2.02. The number of aliphatic hydroxyl groups is 1. The normalized spacial score (nSPS) is 15.8. The summed E-state index contributed by atoms with van der Waals surface area (Å²) in [6.45, 7) is 11.9. The summed E-state index contributed by atoms with van der Waals surface area (Å²) in [7, 11) is 1.53. The highest BCUT2D eigenvalue weighted by atomic mass is 16.7. The van der Waals surface area contributed by atoms with Crippen LogP contribution in [-0.2, 0) is 42.8 Å². The standard InChI is InChI=1S/C22H34O10/c1-7-18(23)16(4)31-22(26)13-15(3)30-21(25)10-9-19(17(5)32-20(24)8-2)29-14-28-12-11-27-6/h7-10,15-19,23H,1-2,11-14H2,3-6H3/b10-9+/t15-,16-,17-,18+,19+/m0/s1. The Balaban J connectivity index is 4.76. The quantitative estimate of drug-likeness (QED) is 0.0855. The van der Waals surface area contributed by atoms with Gasteiger partial charge in [0.1, 0.15) is 37.3 Å². The van der Waals surface area contributed by atoms with Crippen LogP contribution < -0.4 is 0 Å². The van der Waals surface area contributed by atoms with Crippen LogP contribution >= 0.6 is 0 Å². The molecule has 10 nitrogen and oxygen atoms in total. The van der Waals surface area contributed by atoms with E-state index in [0.29, 0.717) is 13.2 Å². The Labute approximate surface area is 188 Å². The molecule has 0 unspecified atom stereocenters. The predicted molar refractivity (Wildman–Crippen MR) is 114 cm³/mol. The van der Waals surface area contributed by atoms with Gasteiger partial charge in [-0.05, 0) is 26.8 Å². The summed E-state index contributed by atoms with van der Waals surface area (Å²) in [6, 6.07) is 0. The minimum absolute atomic E-state index is 0.125. The van der Waals surface area contributed by atoms with Crippen molar-refractivity contribution >= 4 is 17.9 Å². The van der Waals surface area contributed by atoms with Crippen molar-refractivity contribution in [1.29, 1.82) is 0 Å². The molecular weight excluding hydrogens is 424 g/mol. The Morgan fingerprint density at radius 2 is 1.66 bits per heavy atom. The van der Waals surface area contributed by atoms with Crippen molar-refractivity contribution in [2.24, 2.45) is 0 Å². The summed E-state index contributed by atoms with van der Waals surface area (Å²) >= 11 is 0. The van der Waals surface area contributed by atoms with Crippen LogP contribution in [0.2, 0.25) is 0 Å². The van der Waals surface area contributed by atoms with Gasteiger partial charge in [-0.25, -0.2) is 9.59 Å². The minimum Gasteiger partial charge on any atom is -0.459 e. The van der Waals surface area contributed by atoms with E-state index in [-0.39, 0.29) is 13.2 Å². The molecule has 0 bridgehead atoms. The van der Waals surface area contributed by atoms with Crippen LogP contribution in [0.4, 0.5) is 0 Å². The van der Waals surface area contributed by atoms with E-state index in [9.17, 15) is 19.5 Å². The molecule has 0 saturated carbocycles. The van der Waals surface area contributed by atoms with Crippen molar-refractivity contribution in [1.82, 2.24) is 0 Å². The van der Waals surface area contributed by atoms with Crippen LogP contribution in [0, 0.1) is 0 Å². The zero-order valence-electron chi connectivity index (χ0n) is 19.1. The van der Waals surface area contributed by atoms with Gasteiger partial charge in [0.15, 0.2) is 0 Å². The van der Waals surface area contributed by atoms with Gasteiger partial charge in [-0.3, -0.25) is 4.79 Å². The van der Waals surface area contributed by atoms with E-state index < -0.39 is 48.4 Å². The van der Waals surface area contributed by atoms with E-state index in [0.717, 1.165) is 12.2 Å². The van der Waals surface area contributed by atoms with E-state index in [1.54, 1.807) is 6.92 Å². The molecule has 32 heavy (non-hydrogen) atoms. The number of carbonyl (C=O) groups is 3. The first-order valence-electron chi connectivity index (χ1n) is 10.0. The number of esters is 3. The van der Waals surface area contributed by atoms with Crippen LogP contribution in [0.1, 0.15) is 27.2 Å². The molecule has 0 aromatic carbocycles. The van der Waals surface area contributed by atoms with Crippen molar-refractivity contribution < 1.29 is 47.9 Å². The molecule has 10 heteroatoms. The maximum atomic E-state index is 12.1. The van der Waals surface area contributed by atoms with Gasteiger partial charge in [-0.15, -0.1) is 6.58 Å². The van der Waals surface area contributed by atoms with Gasteiger partial charge < -0.3 is 33.5 Å². The topological polar surface area (TPSA) is 127 Å². The Kier molecular flexibility index (Phi) is 15.7. The van der Waals surface area contributed by atoms with E-state index in [1.807, 2.05) is 0 Å². The largest absolute Gasteiger partial charge is 0.459 e. The van der Waals surface area contributed by atoms with Crippen molar-refractivity contribution in [3.63, 3.8) is 0 Å². The lowest BCUT2D eigenvalue weighted by Gasteiger charge is -2.21. The zero-order valence-corrected chi connectivity index (χ0v) is 19.1. The Bertz CT molecular complexity index is 630. The zero-order chi connectivity index (χ0) is 24.5. The Hall–Kier alpha value is -2.53. The predicted octanol–water partition coefficient (Wildman–Crippen LogP) is 1.47. The van der Waals surface area contributed by atoms with Gasteiger partial charge in [0, 0.05) is 19.3 Å². The van der Waals surface area contributed by atoms with Crippen LogP contribution in [0.25, 0.3) is 0 Å². The first kappa shape index (κ1) is 29.5. The molecule has 0 aliphatic carbocycles. The first-order chi connectivity index (χ1) is 15.1. The molecule has 5 atom stereocenters. The fourth-order valence-corrected chi connectivity index (χ4v) is 2.18. The highest BCUT2D eigenvalue weighted by Crippen LogP contribution is 2.09. The second kappa shape index (κ2) is 17.1. The summed E-state index contributed by atoms with van der Waals surface area (Å²) in [5, 5.41) is 9.54. The van der Waals surface area contributed by atoms with E-state index >= 15 is 0 Å². The Morgan fingerprint density at radius 1 is 0.969 bits per heavy atom. The third-order valence-electron chi connectivity index (χ3n) is 3.94. The fraction of sp³-hybridized carbons (Fsp3) is 0.591. The first-order valence-corrected chi connectivity index (χ1v) is 10.0. The third-order valence-corrected chi connectivity index (χ3v) is 3.94. The number of rotatable bonds is 17. The lowest BCUT2D eigenvalue weighted by atomic mass is 10.2. The van der Waals surface area contributed by atoms with Gasteiger partial charge in [0.05, 0.1) is 19.6 Å². The van der Waals surface area contributed by atoms with Gasteiger partial charge in [-0.2, -0.15) is 0 Å². The van der Waals surface area contributed by atoms with Gasteiger partial charge in [-0.1, -0.05) is 12.7 Å². The van der Waals surface area contributed by atoms with Crippen LogP contribution in [0.5, 0.6) is 0 Å². The number of aliphatic hydroxyl groups excluding tert-OH is 1. The van der Waals surface area contributed by atoms with Crippen molar-refractivity contribution in [3.05, 3.63) is 37.5 Å². The average Bonchev–Trinajstić information content (AvgIpc) is 2.74. The van der Waals surface area contributed by atoms with Gasteiger partial charge in [0.25, 0.3) is 0 Å². The third kappa shape index (κ3) is 13.7. The maximum Gasteiger partial charge on any atom is 0.330 e. The molecule has 0 amide bonds. The molecule has 182 valence electrons. The minimum atomic E-state index is -0.993. The molecule has 0 fully saturated rings. The number of carbonyl (C=O) groups excluding carboxylic acids is 3. The summed E-state index contributed by atoms with van der Waals surface area (Å²) in [5.41, 5.74) is 0. The Morgan fingerprint density at radius 3 is 2.25 bits per heavy atom. The van der Waals surface area contributed by atoms with E-state index in [4.69, 9.17) is 28.4 Å². The SMILES string of the molecule is C=CC(=O)O[C@@H](C)[C@@H](/C=C/C(=O)O[C@@H](C)CC(=O)O[C@@H](C)[C@H](O)C=C)OCOCCOC. The second-order valence-corrected chi connectivity index (χ2v) is 6.73. The molecule has 1 N–H and O–H groups in total. The summed E-state index contributed by atoms with van der Waals surface area (Å²) in [4.78, 5) is 35.4. The molecule has 0 aliphatic rings. The second-order valence-electron chi connectivity index (χ2n) is 6.73. The van der Waals surface area contributed by atoms with Gasteiger partial charge >= 0.3 is 17.9 Å². The number of ether oxygens (including phenoxy) is 6. The van der Waals surface area contributed by atoms with Crippen LogP contribution in [0.3, 0.4) is 0 Å². The molecule has 0 heterocycles. The van der Waals surface area contributed by atoms with Crippen molar-refractivity contribution in [2.45, 2.75) is 57.7 Å². The van der Waals surface area contributed by atoms with Gasteiger partial charge in [0.2, 0.25) is 0 Å². The van der Waals surface area contributed by atoms with Crippen LogP contribution in [-0.4, -0.2) is 80.7 Å². The number of methoxy groups -OCH3 is 1. The fourth-order valence-electron chi connectivity index (χ4n) is 2.18. The maximum absolute atomic E-state index is 12.1. The lowest BCUT2D eigenvalue weighted by Crippen LogP contribution is -2.30. The van der Waals surface area contributed by atoms with Crippen LogP contribution in [0.15, 0.2) is 37.5 Å². The van der Waals surface area contributed by atoms with E-state index in [2.05, 4.69) is 13.2 Å². The highest BCUT2D eigenvalue weighted by Gasteiger charge is 2.21. The molecule has 0 rings (SSSR count). The smallest absolute Gasteiger partial charge is 0.330 e. The molecule has 0 aromatic rings. The summed E-state index contributed by atoms with van der Waals surface area (Å²) in [6.07, 6.45) is 0.419. The molecule has 0 spiro atoms. The molecule has 0 saturated heterocycles. The summed E-state index contributed by atoms with van der Waals surface area (Å²) < 4.78 is 30.9. The monoisotopic (exact) mass is 458 g/mol. The number of hydrogen-bond acceptors (Lipinski definition) is 10. The number of hydrogen-bond donors (Lipinski definition) is 1. The molecule has 0 aliphatic heterocycles. The molecule has 0 radical (unpaired) electrons. The highest BCUT2D eigenvalue weighted by molar-refractivity contribution is 5.83. The van der Waals surface area contributed by atoms with E-state index in [1.165, 1.54) is 33.1 Å². The van der Waals surface area contributed by atoms with Crippen molar-refractivity contribution in [2.75, 3.05) is 27.1 Å². The molecular formula is C22H34O10. The average molecular weight is 459 g/mol.